The molecule has 3 aromatic rings. The molecular weight excluding hydrogens is 587 g/mol. The topological polar surface area (TPSA) is 101 Å². The third-order valence-electron chi connectivity index (χ3n) is 8.00. The fourth-order valence-corrected chi connectivity index (χ4v) is 5.35. The molecule has 9 nitrogen and oxygen atoms in total. The van der Waals surface area contributed by atoms with E-state index in [0.717, 1.165) is 18.8 Å². The summed E-state index contributed by atoms with van der Waals surface area (Å²) in [7, 11) is 0. The molecule has 2 fully saturated rings. The van der Waals surface area contributed by atoms with Crippen molar-refractivity contribution in [3.05, 3.63) is 126 Å². The summed E-state index contributed by atoms with van der Waals surface area (Å²) in [6, 6.07) is 16.4. The Kier molecular flexibility index (Phi) is 10.7. The highest BCUT2D eigenvalue weighted by Crippen LogP contribution is 2.25. The van der Waals surface area contributed by atoms with E-state index >= 15 is 0 Å². The molecule has 1 aromatic heterocycles. The van der Waals surface area contributed by atoms with Gasteiger partial charge < -0.3 is 24.6 Å². The summed E-state index contributed by atoms with van der Waals surface area (Å²) in [5.74, 6) is -0.288. The average molecular weight is 625 g/mol. The maximum Gasteiger partial charge on any atom is 0.274 e. The van der Waals surface area contributed by atoms with Gasteiger partial charge in [0.2, 0.25) is 0 Å². The first-order valence-electron chi connectivity index (χ1n) is 15.3. The van der Waals surface area contributed by atoms with E-state index in [2.05, 4.69) is 21.8 Å². The van der Waals surface area contributed by atoms with Crippen LogP contribution < -0.4 is 15.0 Å². The summed E-state index contributed by atoms with van der Waals surface area (Å²) in [4.78, 5) is 47.3. The third kappa shape index (κ3) is 8.33. The number of likely N-dealkylation sites (tertiary alicyclic amines) is 1. The van der Waals surface area contributed by atoms with E-state index in [0.29, 0.717) is 67.5 Å². The minimum atomic E-state index is -0.445. The number of allylic oxidation sites excluding steroid dienone is 3. The lowest BCUT2D eigenvalue weighted by Gasteiger charge is -2.31. The highest BCUT2D eigenvalue weighted by Gasteiger charge is 2.29. The number of nitrogens with one attached hydrogen (secondary N) is 1. The molecule has 0 bridgehead atoms. The number of amides is 2. The van der Waals surface area contributed by atoms with Crippen LogP contribution in [0.2, 0.25) is 0 Å². The van der Waals surface area contributed by atoms with Crippen LogP contribution in [-0.2, 0) is 4.74 Å². The van der Waals surface area contributed by atoms with Gasteiger partial charge in [0.15, 0.2) is 5.78 Å². The van der Waals surface area contributed by atoms with Crippen LogP contribution in [0.5, 0.6) is 5.75 Å². The van der Waals surface area contributed by atoms with Gasteiger partial charge in [-0.1, -0.05) is 12.7 Å². The molecule has 0 saturated carbocycles. The Labute approximate surface area is 268 Å². The quantitative estimate of drug-likeness (QED) is 0.179. The second kappa shape index (κ2) is 15.3. The summed E-state index contributed by atoms with van der Waals surface area (Å²) in [6.07, 6.45) is 7.47. The van der Waals surface area contributed by atoms with Gasteiger partial charge in [-0.2, -0.15) is 0 Å². The molecule has 3 heterocycles. The van der Waals surface area contributed by atoms with Crippen LogP contribution in [0.25, 0.3) is 0 Å². The number of nitrogens with zero attached hydrogens (tertiary/aromatic N) is 3. The number of ether oxygens (including phenoxy) is 2. The molecule has 5 rings (SSSR count). The summed E-state index contributed by atoms with van der Waals surface area (Å²) in [5, 5.41) is 2.76. The number of carbonyl (C=O) groups is 3. The van der Waals surface area contributed by atoms with Crippen molar-refractivity contribution in [2.75, 3.05) is 44.3 Å². The van der Waals surface area contributed by atoms with Gasteiger partial charge in [0, 0.05) is 55.2 Å². The lowest BCUT2D eigenvalue weighted by Crippen LogP contribution is -2.40. The SMILES string of the molecule is C=C(/C=C\C(=C/C)NC(=O)c1ccc(C(=O)N2CCC(C(=O)c3ccc(N4CCOCC4)cc3)CC2)cn1)Oc1ccc(F)cc1. The molecule has 10 heteroatoms. The first-order valence-corrected chi connectivity index (χ1v) is 15.3. The first-order chi connectivity index (χ1) is 22.3. The van der Waals surface area contributed by atoms with Crippen molar-refractivity contribution in [2.24, 2.45) is 5.92 Å². The molecule has 1 N–H and O–H groups in total. The smallest absolute Gasteiger partial charge is 0.274 e. The summed E-state index contributed by atoms with van der Waals surface area (Å²) < 4.78 is 24.0. The van der Waals surface area contributed by atoms with Crippen molar-refractivity contribution in [1.29, 1.82) is 0 Å². The lowest BCUT2D eigenvalue weighted by atomic mass is 9.88. The molecule has 2 amide bonds. The molecule has 0 radical (unpaired) electrons. The summed E-state index contributed by atoms with van der Waals surface area (Å²) >= 11 is 0. The van der Waals surface area contributed by atoms with Gasteiger partial charge in [0.25, 0.3) is 11.8 Å². The molecule has 2 aliphatic rings. The largest absolute Gasteiger partial charge is 0.458 e. The van der Waals surface area contributed by atoms with Crippen molar-refractivity contribution in [3.8, 4) is 5.75 Å². The monoisotopic (exact) mass is 624 g/mol. The minimum absolute atomic E-state index is 0.109. The number of halogens is 1. The van der Waals surface area contributed by atoms with E-state index in [1.807, 2.05) is 24.3 Å². The molecule has 0 unspecified atom stereocenters. The number of hydrogen-bond donors (Lipinski definition) is 1. The van der Waals surface area contributed by atoms with Crippen LogP contribution in [0.15, 0.2) is 103 Å². The standard InChI is InChI=1S/C36H37FN4O5/c1-3-30(10-4-25(2)46-32-13-8-29(37)9-14-32)39-35(43)33-15-7-28(24-38-33)36(44)41-18-16-27(17-19-41)34(42)26-5-11-31(12-6-26)40-20-22-45-23-21-40/h3-15,24,27H,2,16-23H2,1H3,(H,39,43)/b10-4-,30-3+. The number of piperidine rings is 1. The number of Topliss-reactive ketones (excluding diaryl/α,β-unsaturated/α-hetero) is 1. The van der Waals surface area contributed by atoms with E-state index < -0.39 is 5.91 Å². The number of benzene rings is 2. The highest BCUT2D eigenvalue weighted by atomic mass is 19.1. The number of hydrogen-bond acceptors (Lipinski definition) is 7. The van der Waals surface area contributed by atoms with E-state index in [-0.39, 0.29) is 29.1 Å². The summed E-state index contributed by atoms with van der Waals surface area (Å²) in [6.45, 7) is 9.61. The first kappa shape index (κ1) is 32.3. The normalized spacial score (nSPS) is 15.9. The van der Waals surface area contributed by atoms with Gasteiger partial charge in [0.05, 0.1) is 18.8 Å². The van der Waals surface area contributed by atoms with E-state index in [1.165, 1.54) is 36.5 Å². The van der Waals surface area contributed by atoms with Crippen LogP contribution in [-0.4, -0.2) is 66.9 Å². The molecule has 2 saturated heterocycles. The fraction of sp³-hybridized carbons (Fsp3) is 0.278. The summed E-state index contributed by atoms with van der Waals surface area (Å²) in [5.41, 5.74) is 2.80. The predicted octanol–water partition coefficient (Wildman–Crippen LogP) is 5.57. The van der Waals surface area contributed by atoms with Crippen LogP contribution in [0.3, 0.4) is 0 Å². The number of rotatable bonds is 10. The van der Waals surface area contributed by atoms with Gasteiger partial charge in [-0.05, 0) is 92.6 Å². The Bertz CT molecular complexity index is 1600. The van der Waals surface area contributed by atoms with Crippen LogP contribution in [0.4, 0.5) is 10.1 Å². The second-order valence-corrected chi connectivity index (χ2v) is 11.1. The third-order valence-corrected chi connectivity index (χ3v) is 8.00. The Hall–Kier alpha value is -5.09. The Balaban J connectivity index is 1.09. The van der Waals surface area contributed by atoms with Gasteiger partial charge >= 0.3 is 0 Å². The zero-order valence-corrected chi connectivity index (χ0v) is 25.8. The van der Waals surface area contributed by atoms with Crippen LogP contribution >= 0.6 is 0 Å². The number of carbonyl (C=O) groups excluding carboxylic acids is 3. The zero-order valence-electron chi connectivity index (χ0n) is 25.8. The van der Waals surface area contributed by atoms with E-state index in [9.17, 15) is 18.8 Å². The predicted molar refractivity (Wildman–Crippen MR) is 173 cm³/mol. The van der Waals surface area contributed by atoms with Crippen LogP contribution in [0.1, 0.15) is 51.0 Å². The van der Waals surface area contributed by atoms with Crippen molar-refractivity contribution in [1.82, 2.24) is 15.2 Å². The van der Waals surface area contributed by atoms with E-state index in [1.54, 1.807) is 36.1 Å². The molecular formula is C36H37FN4O5. The highest BCUT2D eigenvalue weighted by molar-refractivity contribution is 5.99. The Morgan fingerprint density at radius 1 is 0.935 bits per heavy atom. The number of aromatic nitrogens is 1. The molecule has 0 atom stereocenters. The minimum Gasteiger partial charge on any atom is -0.458 e. The van der Waals surface area contributed by atoms with Gasteiger partial charge in [-0.15, -0.1) is 0 Å². The number of pyridine rings is 1. The molecule has 0 spiro atoms. The van der Waals surface area contributed by atoms with Crippen LogP contribution in [0, 0.1) is 11.7 Å². The molecule has 2 aliphatic heterocycles. The van der Waals surface area contributed by atoms with Gasteiger partial charge in [-0.25, -0.2) is 4.39 Å². The maximum atomic E-state index is 13.2. The van der Waals surface area contributed by atoms with E-state index in [4.69, 9.17) is 9.47 Å². The average Bonchev–Trinajstić information content (AvgIpc) is 3.11. The van der Waals surface area contributed by atoms with Crippen molar-refractivity contribution in [3.63, 3.8) is 0 Å². The number of ketones is 1. The molecule has 2 aromatic carbocycles. The fourth-order valence-electron chi connectivity index (χ4n) is 5.35. The number of morpholine rings is 1. The van der Waals surface area contributed by atoms with Gasteiger partial charge in [-0.3, -0.25) is 19.4 Å². The number of anilines is 1. The molecule has 46 heavy (non-hydrogen) atoms. The second-order valence-electron chi connectivity index (χ2n) is 11.1. The maximum absolute atomic E-state index is 13.2. The Morgan fingerprint density at radius 2 is 1.61 bits per heavy atom. The van der Waals surface area contributed by atoms with Crippen molar-refractivity contribution < 1.29 is 28.2 Å². The zero-order chi connectivity index (χ0) is 32.5. The van der Waals surface area contributed by atoms with Gasteiger partial charge in [0.1, 0.15) is 23.0 Å². The lowest BCUT2D eigenvalue weighted by molar-refractivity contribution is 0.0650. The Morgan fingerprint density at radius 3 is 2.24 bits per heavy atom. The molecule has 238 valence electrons. The van der Waals surface area contributed by atoms with Crippen molar-refractivity contribution in [2.45, 2.75) is 19.8 Å². The molecule has 0 aliphatic carbocycles. The van der Waals surface area contributed by atoms with Crippen molar-refractivity contribution >= 4 is 23.3 Å².